The highest BCUT2D eigenvalue weighted by atomic mass is 32.1. The molecule has 0 fully saturated rings. The molecule has 0 amide bonds. The second-order valence-corrected chi connectivity index (χ2v) is 6.80. The zero-order valence-corrected chi connectivity index (χ0v) is 15.0. The second-order valence-electron chi connectivity index (χ2n) is 6.40. The Labute approximate surface area is 150 Å². The van der Waals surface area contributed by atoms with Gasteiger partial charge in [0.1, 0.15) is 0 Å². The Morgan fingerprint density at radius 3 is 2.62 bits per heavy atom. The summed E-state index contributed by atoms with van der Waals surface area (Å²) in [5.41, 5.74) is 5.27. The predicted octanol–water partition coefficient (Wildman–Crippen LogP) is 3.73. The lowest BCUT2D eigenvalue weighted by Crippen LogP contribution is -2.34. The van der Waals surface area contributed by atoms with Gasteiger partial charge in [0, 0.05) is 31.9 Å². The first-order valence-corrected chi connectivity index (χ1v) is 9.02. The lowest BCUT2D eigenvalue weighted by Gasteiger charge is -2.28. The lowest BCUT2D eigenvalue weighted by atomic mass is 10.00. The van der Waals surface area contributed by atoms with Gasteiger partial charge in [0.15, 0.2) is 5.11 Å². The van der Waals surface area contributed by atoms with Gasteiger partial charge in [0.25, 0.3) is 0 Å². The molecule has 0 saturated heterocycles. The van der Waals surface area contributed by atoms with E-state index < -0.39 is 0 Å². The number of rotatable bonds is 5. The summed E-state index contributed by atoms with van der Waals surface area (Å²) in [4.78, 5) is 2.53. The highest BCUT2D eigenvalue weighted by Gasteiger charge is 2.14. The SMILES string of the molecule is Cc1ccc(NC(=S)NCCCN2CCc3ccccc3C2)cc1. The molecule has 0 bridgehead atoms. The Balaban J connectivity index is 1.35. The molecule has 126 valence electrons. The summed E-state index contributed by atoms with van der Waals surface area (Å²) in [7, 11) is 0. The van der Waals surface area contributed by atoms with Crippen LogP contribution in [0, 0.1) is 6.92 Å². The molecular weight excluding hydrogens is 314 g/mol. The van der Waals surface area contributed by atoms with E-state index in [-0.39, 0.29) is 0 Å². The molecule has 0 saturated carbocycles. The average molecular weight is 340 g/mol. The molecule has 2 aromatic rings. The van der Waals surface area contributed by atoms with Crippen LogP contribution in [0.5, 0.6) is 0 Å². The van der Waals surface area contributed by atoms with Crippen LogP contribution in [-0.4, -0.2) is 29.6 Å². The van der Waals surface area contributed by atoms with Crippen LogP contribution in [0.4, 0.5) is 5.69 Å². The summed E-state index contributed by atoms with van der Waals surface area (Å²) in [6.45, 7) is 6.31. The van der Waals surface area contributed by atoms with Gasteiger partial charge in [0.2, 0.25) is 0 Å². The van der Waals surface area contributed by atoms with Crippen molar-refractivity contribution in [2.45, 2.75) is 26.3 Å². The smallest absolute Gasteiger partial charge is 0.170 e. The Morgan fingerprint density at radius 1 is 1.08 bits per heavy atom. The summed E-state index contributed by atoms with van der Waals surface area (Å²) in [6.07, 6.45) is 2.26. The van der Waals surface area contributed by atoms with Crippen LogP contribution in [0.15, 0.2) is 48.5 Å². The number of aryl methyl sites for hydroxylation is 1. The van der Waals surface area contributed by atoms with Crippen LogP contribution in [-0.2, 0) is 13.0 Å². The van der Waals surface area contributed by atoms with Gasteiger partial charge >= 0.3 is 0 Å². The van der Waals surface area contributed by atoms with Crippen molar-refractivity contribution in [1.82, 2.24) is 10.2 Å². The molecule has 1 aliphatic rings. The van der Waals surface area contributed by atoms with E-state index in [9.17, 15) is 0 Å². The van der Waals surface area contributed by atoms with E-state index in [2.05, 4.69) is 71.0 Å². The zero-order valence-electron chi connectivity index (χ0n) is 14.2. The molecule has 0 atom stereocenters. The van der Waals surface area contributed by atoms with Crippen LogP contribution in [0.25, 0.3) is 0 Å². The molecule has 0 aliphatic carbocycles. The number of thiocarbonyl (C=S) groups is 1. The van der Waals surface area contributed by atoms with Crippen LogP contribution in [0.2, 0.25) is 0 Å². The molecule has 0 spiro atoms. The van der Waals surface area contributed by atoms with Crippen molar-refractivity contribution < 1.29 is 0 Å². The molecule has 2 aromatic carbocycles. The fraction of sp³-hybridized carbons (Fsp3) is 0.350. The Bertz CT molecular complexity index is 682. The fourth-order valence-corrected chi connectivity index (χ4v) is 3.28. The maximum absolute atomic E-state index is 5.35. The molecule has 3 rings (SSSR count). The van der Waals surface area contributed by atoms with Crippen molar-refractivity contribution >= 4 is 23.0 Å². The third-order valence-electron chi connectivity index (χ3n) is 4.46. The van der Waals surface area contributed by atoms with Crippen molar-refractivity contribution in [2.75, 3.05) is 25.0 Å². The third kappa shape index (κ3) is 4.79. The van der Waals surface area contributed by atoms with Gasteiger partial charge in [-0.25, -0.2) is 0 Å². The molecule has 0 unspecified atom stereocenters. The van der Waals surface area contributed by atoms with Crippen LogP contribution in [0.3, 0.4) is 0 Å². The number of nitrogens with zero attached hydrogens (tertiary/aromatic N) is 1. The summed E-state index contributed by atoms with van der Waals surface area (Å²) >= 11 is 5.35. The third-order valence-corrected chi connectivity index (χ3v) is 4.70. The molecule has 1 aliphatic heterocycles. The molecule has 3 nitrogen and oxygen atoms in total. The Kier molecular flexibility index (Phi) is 5.83. The van der Waals surface area contributed by atoms with Gasteiger partial charge in [-0.05, 0) is 55.2 Å². The van der Waals surface area contributed by atoms with E-state index in [1.165, 1.54) is 16.7 Å². The number of fused-ring (bicyclic) bond motifs is 1. The van der Waals surface area contributed by atoms with Crippen molar-refractivity contribution in [3.05, 3.63) is 65.2 Å². The van der Waals surface area contributed by atoms with Gasteiger partial charge in [-0.2, -0.15) is 0 Å². The van der Waals surface area contributed by atoms with E-state index in [1.807, 2.05) is 0 Å². The van der Waals surface area contributed by atoms with Gasteiger partial charge < -0.3 is 10.6 Å². The molecule has 4 heteroatoms. The molecule has 1 heterocycles. The van der Waals surface area contributed by atoms with Gasteiger partial charge in [-0.3, -0.25) is 4.90 Å². The zero-order chi connectivity index (χ0) is 16.8. The van der Waals surface area contributed by atoms with Gasteiger partial charge in [-0.15, -0.1) is 0 Å². The lowest BCUT2D eigenvalue weighted by molar-refractivity contribution is 0.251. The number of hydrogen-bond donors (Lipinski definition) is 2. The molecule has 0 radical (unpaired) electrons. The van der Waals surface area contributed by atoms with Crippen LogP contribution in [0.1, 0.15) is 23.1 Å². The van der Waals surface area contributed by atoms with Gasteiger partial charge in [-0.1, -0.05) is 42.0 Å². The fourth-order valence-electron chi connectivity index (χ4n) is 3.06. The first-order valence-electron chi connectivity index (χ1n) is 8.61. The first kappa shape index (κ1) is 16.9. The van der Waals surface area contributed by atoms with Crippen LogP contribution >= 0.6 is 12.2 Å². The minimum Gasteiger partial charge on any atom is -0.362 e. The van der Waals surface area contributed by atoms with Gasteiger partial charge in [0.05, 0.1) is 0 Å². The summed E-state index contributed by atoms with van der Waals surface area (Å²) in [5, 5.41) is 7.22. The molecule has 24 heavy (non-hydrogen) atoms. The minimum absolute atomic E-state index is 0.697. The number of anilines is 1. The molecule has 2 N–H and O–H groups in total. The van der Waals surface area contributed by atoms with E-state index in [4.69, 9.17) is 12.2 Å². The Morgan fingerprint density at radius 2 is 1.83 bits per heavy atom. The average Bonchev–Trinajstić information content (AvgIpc) is 2.60. The highest BCUT2D eigenvalue weighted by molar-refractivity contribution is 7.80. The maximum Gasteiger partial charge on any atom is 0.170 e. The first-order chi connectivity index (χ1) is 11.7. The predicted molar refractivity (Wildman–Crippen MR) is 105 cm³/mol. The quantitative estimate of drug-likeness (QED) is 0.641. The normalized spacial score (nSPS) is 14.0. The second kappa shape index (κ2) is 8.27. The van der Waals surface area contributed by atoms with E-state index in [0.29, 0.717) is 5.11 Å². The number of benzene rings is 2. The summed E-state index contributed by atoms with van der Waals surface area (Å²) in [6, 6.07) is 17.0. The van der Waals surface area contributed by atoms with Crippen LogP contribution < -0.4 is 10.6 Å². The monoisotopic (exact) mass is 339 g/mol. The number of hydrogen-bond acceptors (Lipinski definition) is 2. The van der Waals surface area contributed by atoms with E-state index >= 15 is 0 Å². The largest absolute Gasteiger partial charge is 0.362 e. The maximum atomic E-state index is 5.35. The molecule has 0 aromatic heterocycles. The summed E-state index contributed by atoms with van der Waals surface area (Å²) < 4.78 is 0. The molecular formula is C20H25N3S. The van der Waals surface area contributed by atoms with Crippen molar-refractivity contribution in [3.63, 3.8) is 0 Å². The van der Waals surface area contributed by atoms with Crippen molar-refractivity contribution in [2.24, 2.45) is 0 Å². The standard InChI is InChI=1S/C20H25N3S/c1-16-7-9-19(10-8-16)22-20(24)21-12-4-13-23-14-11-17-5-2-3-6-18(17)15-23/h2-3,5-10H,4,11-15H2,1H3,(H2,21,22,24). The van der Waals surface area contributed by atoms with E-state index in [0.717, 1.165) is 44.7 Å². The summed E-state index contributed by atoms with van der Waals surface area (Å²) in [5.74, 6) is 0. The topological polar surface area (TPSA) is 27.3 Å². The van der Waals surface area contributed by atoms with Crippen molar-refractivity contribution in [1.29, 1.82) is 0 Å². The Hall–Kier alpha value is -1.91. The number of nitrogens with one attached hydrogen (secondary N) is 2. The highest BCUT2D eigenvalue weighted by Crippen LogP contribution is 2.18. The van der Waals surface area contributed by atoms with E-state index in [1.54, 1.807) is 0 Å². The minimum atomic E-state index is 0.697. The van der Waals surface area contributed by atoms with Crippen molar-refractivity contribution in [3.8, 4) is 0 Å².